The monoisotopic (exact) mass is 527 g/mol. The first-order valence-electron chi connectivity index (χ1n) is 13.4. The molecule has 1 aliphatic heterocycles. The standard InChI is InChI=1S/C30H33N5O4/c1-19(21-7-5-4-6-8-21)33-29-23-12-25(26(37-15-20-9-10-20)13-24(23)31-18-32-29)34-27-11-22(16-38-27)35-14-28(36)39-17-30(35,2)3/h4-8,11-13,16,18-20,34H,9-10,14-15,17H2,1-3H3,(H,31,32,33). The topological polar surface area (TPSA) is 102 Å². The third kappa shape index (κ3) is 5.48. The van der Waals surface area contributed by atoms with Crippen LogP contribution in [-0.4, -0.2) is 41.2 Å². The van der Waals surface area contributed by atoms with Crippen LogP contribution in [0.4, 0.5) is 23.1 Å². The van der Waals surface area contributed by atoms with Gasteiger partial charge in [0.25, 0.3) is 0 Å². The number of anilines is 4. The van der Waals surface area contributed by atoms with Crippen molar-refractivity contribution in [1.29, 1.82) is 0 Å². The van der Waals surface area contributed by atoms with E-state index < -0.39 is 0 Å². The summed E-state index contributed by atoms with van der Waals surface area (Å²) >= 11 is 0. The van der Waals surface area contributed by atoms with Gasteiger partial charge in [0.1, 0.15) is 37.3 Å². The van der Waals surface area contributed by atoms with Gasteiger partial charge in [0.15, 0.2) is 5.88 Å². The van der Waals surface area contributed by atoms with Gasteiger partial charge < -0.3 is 29.4 Å². The fourth-order valence-corrected chi connectivity index (χ4v) is 4.77. The van der Waals surface area contributed by atoms with Crippen LogP contribution in [0, 0.1) is 5.92 Å². The molecule has 2 aromatic carbocycles. The zero-order chi connectivity index (χ0) is 27.0. The number of cyclic esters (lactones) is 1. The first-order valence-corrected chi connectivity index (χ1v) is 13.4. The number of fused-ring (bicyclic) bond motifs is 1. The number of nitrogens with one attached hydrogen (secondary N) is 2. The molecule has 1 aliphatic carbocycles. The van der Waals surface area contributed by atoms with Crippen LogP contribution in [0.1, 0.15) is 45.2 Å². The fourth-order valence-electron chi connectivity index (χ4n) is 4.77. The number of esters is 1. The Labute approximate surface area is 227 Å². The molecule has 0 bridgehead atoms. The number of aromatic nitrogens is 2. The first-order chi connectivity index (χ1) is 18.9. The van der Waals surface area contributed by atoms with Gasteiger partial charge in [-0.2, -0.15) is 0 Å². The molecule has 0 radical (unpaired) electrons. The number of rotatable bonds is 9. The highest BCUT2D eigenvalue weighted by molar-refractivity contribution is 5.94. The van der Waals surface area contributed by atoms with Crippen molar-refractivity contribution < 1.29 is 18.7 Å². The number of hydrogen-bond donors (Lipinski definition) is 2. The van der Waals surface area contributed by atoms with Crippen LogP contribution in [0.25, 0.3) is 10.9 Å². The third-order valence-electron chi connectivity index (χ3n) is 7.32. The van der Waals surface area contributed by atoms with Crippen LogP contribution in [-0.2, 0) is 9.53 Å². The number of carbonyl (C=O) groups is 1. The summed E-state index contributed by atoms with van der Waals surface area (Å²) in [6, 6.07) is 16.2. The molecule has 202 valence electrons. The quantitative estimate of drug-likeness (QED) is 0.251. The molecule has 0 amide bonds. The molecular formula is C30H33N5O4. The summed E-state index contributed by atoms with van der Waals surface area (Å²) in [5.41, 5.74) is 3.18. The van der Waals surface area contributed by atoms with Crippen molar-refractivity contribution in [3.05, 3.63) is 66.7 Å². The lowest BCUT2D eigenvalue weighted by molar-refractivity contribution is -0.147. The number of ether oxygens (including phenoxy) is 2. The lowest BCUT2D eigenvalue weighted by Crippen LogP contribution is -2.55. The van der Waals surface area contributed by atoms with Gasteiger partial charge in [0.05, 0.1) is 29.0 Å². The molecule has 2 N–H and O–H groups in total. The van der Waals surface area contributed by atoms with Crippen molar-refractivity contribution in [3.8, 4) is 5.75 Å². The summed E-state index contributed by atoms with van der Waals surface area (Å²) in [5, 5.41) is 7.81. The molecule has 9 nitrogen and oxygen atoms in total. The summed E-state index contributed by atoms with van der Waals surface area (Å²) in [7, 11) is 0. The Bertz CT molecular complexity index is 1480. The minimum absolute atomic E-state index is 0.0544. The van der Waals surface area contributed by atoms with Gasteiger partial charge >= 0.3 is 5.97 Å². The molecular weight excluding hydrogens is 494 g/mol. The van der Waals surface area contributed by atoms with Crippen LogP contribution in [0.15, 0.2) is 65.5 Å². The predicted octanol–water partition coefficient (Wildman–Crippen LogP) is 6.07. The van der Waals surface area contributed by atoms with E-state index in [1.54, 1.807) is 12.6 Å². The van der Waals surface area contributed by atoms with Crippen molar-refractivity contribution in [2.24, 2.45) is 5.92 Å². The maximum absolute atomic E-state index is 12.0. The maximum atomic E-state index is 12.0. The van der Waals surface area contributed by atoms with E-state index in [9.17, 15) is 4.79 Å². The highest BCUT2D eigenvalue weighted by Gasteiger charge is 2.36. The summed E-state index contributed by atoms with van der Waals surface area (Å²) in [4.78, 5) is 23.1. The van der Waals surface area contributed by atoms with Crippen LogP contribution < -0.4 is 20.3 Å². The Morgan fingerprint density at radius 2 is 1.97 bits per heavy atom. The molecule has 0 spiro atoms. The van der Waals surface area contributed by atoms with E-state index in [1.807, 2.05) is 55.1 Å². The lowest BCUT2D eigenvalue weighted by Gasteiger charge is -2.41. The molecule has 1 atom stereocenters. The highest BCUT2D eigenvalue weighted by Crippen LogP contribution is 2.39. The number of morpholine rings is 1. The average Bonchev–Trinajstić information content (AvgIpc) is 3.66. The second kappa shape index (κ2) is 10.1. The number of nitrogens with zero attached hydrogens (tertiary/aromatic N) is 3. The molecule has 39 heavy (non-hydrogen) atoms. The maximum Gasteiger partial charge on any atom is 0.325 e. The van der Waals surface area contributed by atoms with Crippen molar-refractivity contribution >= 4 is 39.9 Å². The van der Waals surface area contributed by atoms with E-state index in [-0.39, 0.29) is 24.1 Å². The molecule has 2 aliphatic rings. The Morgan fingerprint density at radius 3 is 2.77 bits per heavy atom. The van der Waals surface area contributed by atoms with E-state index in [0.29, 0.717) is 30.8 Å². The largest absolute Gasteiger partial charge is 0.491 e. The molecule has 4 aromatic rings. The van der Waals surface area contributed by atoms with Crippen molar-refractivity contribution in [3.63, 3.8) is 0 Å². The highest BCUT2D eigenvalue weighted by atomic mass is 16.5. The normalized spacial score (nSPS) is 17.5. The Balaban J connectivity index is 1.31. The van der Waals surface area contributed by atoms with E-state index in [0.717, 1.165) is 28.1 Å². The Morgan fingerprint density at radius 1 is 1.15 bits per heavy atom. The predicted molar refractivity (Wildman–Crippen MR) is 151 cm³/mol. The van der Waals surface area contributed by atoms with Crippen molar-refractivity contribution in [1.82, 2.24) is 9.97 Å². The van der Waals surface area contributed by atoms with Gasteiger partial charge in [0.2, 0.25) is 0 Å². The van der Waals surface area contributed by atoms with Crippen molar-refractivity contribution in [2.75, 3.05) is 35.3 Å². The van der Waals surface area contributed by atoms with Gasteiger partial charge in [0, 0.05) is 23.6 Å². The van der Waals surface area contributed by atoms with Gasteiger partial charge in [-0.25, -0.2) is 9.97 Å². The second-order valence-electron chi connectivity index (χ2n) is 11.0. The molecule has 2 aromatic heterocycles. The average molecular weight is 528 g/mol. The summed E-state index contributed by atoms with van der Waals surface area (Å²) in [5.74, 6) is 2.33. The summed E-state index contributed by atoms with van der Waals surface area (Å²) < 4.78 is 17.4. The van der Waals surface area contributed by atoms with Gasteiger partial charge in [-0.1, -0.05) is 30.3 Å². The van der Waals surface area contributed by atoms with Gasteiger partial charge in [-0.3, -0.25) is 4.79 Å². The minimum atomic E-state index is -0.343. The molecule has 1 saturated carbocycles. The molecule has 1 saturated heterocycles. The second-order valence-corrected chi connectivity index (χ2v) is 11.0. The van der Waals surface area contributed by atoms with E-state index in [1.165, 1.54) is 18.4 Å². The minimum Gasteiger partial charge on any atom is -0.491 e. The first kappa shape index (κ1) is 25.0. The van der Waals surface area contributed by atoms with Crippen LogP contribution in [0.3, 0.4) is 0 Å². The van der Waals surface area contributed by atoms with Crippen molar-refractivity contribution in [2.45, 2.75) is 45.2 Å². The van der Waals surface area contributed by atoms with Gasteiger partial charge in [-0.15, -0.1) is 0 Å². The number of carbonyl (C=O) groups excluding carboxylic acids is 1. The molecule has 2 fully saturated rings. The fraction of sp³-hybridized carbons (Fsp3) is 0.367. The number of benzene rings is 2. The zero-order valence-electron chi connectivity index (χ0n) is 22.4. The molecule has 6 rings (SSSR count). The number of furan rings is 1. The van der Waals surface area contributed by atoms with Gasteiger partial charge in [-0.05, 0) is 51.2 Å². The van der Waals surface area contributed by atoms with E-state index in [4.69, 9.17) is 13.9 Å². The van der Waals surface area contributed by atoms with E-state index >= 15 is 0 Å². The van der Waals surface area contributed by atoms with E-state index in [2.05, 4.69) is 39.7 Å². The van der Waals surface area contributed by atoms with Crippen LogP contribution in [0.2, 0.25) is 0 Å². The molecule has 1 unspecified atom stereocenters. The summed E-state index contributed by atoms with van der Waals surface area (Å²) in [6.07, 6.45) is 5.62. The SMILES string of the molecule is CC(Nc1ncnc2cc(OCC3CC3)c(Nc3cc(N4CC(=O)OCC4(C)C)co3)cc12)c1ccccc1. The third-order valence-corrected chi connectivity index (χ3v) is 7.32. The lowest BCUT2D eigenvalue weighted by atomic mass is 10.0. The Kier molecular flexibility index (Phi) is 6.50. The molecule has 9 heteroatoms. The smallest absolute Gasteiger partial charge is 0.325 e. The molecule has 3 heterocycles. The summed E-state index contributed by atoms with van der Waals surface area (Å²) in [6.45, 7) is 7.34. The van der Waals surface area contributed by atoms with Crippen LogP contribution >= 0.6 is 0 Å². The van der Waals surface area contributed by atoms with Crippen LogP contribution in [0.5, 0.6) is 5.75 Å². The Hall–Kier alpha value is -4.27. The number of hydrogen-bond acceptors (Lipinski definition) is 9. The zero-order valence-corrected chi connectivity index (χ0v) is 22.4.